The third kappa shape index (κ3) is 3.82. The number of hydrogen-bond donors (Lipinski definition) is 2. The van der Waals surface area contributed by atoms with E-state index >= 15 is 0 Å². The lowest BCUT2D eigenvalue weighted by molar-refractivity contribution is -0.145. The van der Waals surface area contributed by atoms with E-state index in [2.05, 4.69) is 18.8 Å². The van der Waals surface area contributed by atoms with Gasteiger partial charge in [0, 0.05) is 13.6 Å². The third-order valence-electron chi connectivity index (χ3n) is 3.53. The van der Waals surface area contributed by atoms with Gasteiger partial charge in [0.15, 0.2) is 6.10 Å². The van der Waals surface area contributed by atoms with Gasteiger partial charge >= 0.3 is 0 Å². The van der Waals surface area contributed by atoms with Crippen molar-refractivity contribution in [2.24, 2.45) is 5.92 Å². The van der Waals surface area contributed by atoms with Crippen molar-refractivity contribution in [2.75, 3.05) is 13.6 Å². The summed E-state index contributed by atoms with van der Waals surface area (Å²) in [5.41, 5.74) is 0.759. The molecule has 0 spiro atoms. The molecule has 2 aromatic rings. The van der Waals surface area contributed by atoms with Crippen LogP contribution in [0.4, 0.5) is 0 Å². The quantitative estimate of drug-likeness (QED) is 0.855. The van der Waals surface area contributed by atoms with Crippen molar-refractivity contribution in [3.8, 4) is 0 Å². The van der Waals surface area contributed by atoms with Gasteiger partial charge in [-0.2, -0.15) is 0 Å². The van der Waals surface area contributed by atoms with Crippen LogP contribution in [0.1, 0.15) is 31.4 Å². The average Bonchev–Trinajstić information content (AvgIpc) is 2.94. The Bertz CT molecular complexity index is 608. The Labute approximate surface area is 134 Å². The van der Waals surface area contributed by atoms with Crippen LogP contribution in [0.5, 0.6) is 0 Å². The minimum Gasteiger partial charge on any atom is -0.383 e. The summed E-state index contributed by atoms with van der Waals surface area (Å²) >= 11 is 1.29. The lowest BCUT2D eigenvalue weighted by Gasteiger charge is -2.23. The molecule has 1 amide bonds. The first kappa shape index (κ1) is 16.9. The van der Waals surface area contributed by atoms with Crippen molar-refractivity contribution < 1.29 is 15.0 Å². The number of rotatable bonds is 6. The molecule has 1 aromatic heterocycles. The van der Waals surface area contributed by atoms with E-state index in [0.717, 1.165) is 16.6 Å². The second-order valence-electron chi connectivity index (χ2n) is 5.85. The number of carbonyl (C=O) groups is 1. The van der Waals surface area contributed by atoms with Crippen LogP contribution in [0.3, 0.4) is 0 Å². The van der Waals surface area contributed by atoms with E-state index < -0.39 is 18.1 Å². The normalized spacial score (nSPS) is 14.3. The molecule has 6 heteroatoms. The van der Waals surface area contributed by atoms with Gasteiger partial charge in [-0.1, -0.05) is 26.0 Å². The molecule has 2 N–H and O–H groups in total. The number of aromatic nitrogens is 1. The Kier molecular flexibility index (Phi) is 5.50. The first-order chi connectivity index (χ1) is 10.4. The fourth-order valence-corrected chi connectivity index (χ4v) is 3.06. The number of amides is 1. The van der Waals surface area contributed by atoms with Crippen LogP contribution < -0.4 is 0 Å². The van der Waals surface area contributed by atoms with Crippen molar-refractivity contribution in [1.82, 2.24) is 9.88 Å². The van der Waals surface area contributed by atoms with Crippen LogP contribution in [-0.4, -0.2) is 45.7 Å². The minimum atomic E-state index is -1.49. The Morgan fingerprint density at radius 2 is 2.00 bits per heavy atom. The van der Waals surface area contributed by atoms with E-state index in [1.54, 1.807) is 7.05 Å². The van der Waals surface area contributed by atoms with E-state index in [1.165, 1.54) is 16.2 Å². The summed E-state index contributed by atoms with van der Waals surface area (Å²) in [6, 6.07) is 7.48. The number of hydrogen-bond acceptors (Lipinski definition) is 5. The number of aliphatic hydroxyl groups excluding tert-OH is 2. The smallest absolute Gasteiger partial charge is 0.254 e. The molecular formula is C16H22N2O3S. The van der Waals surface area contributed by atoms with Crippen molar-refractivity contribution >= 4 is 27.5 Å². The fourth-order valence-electron chi connectivity index (χ4n) is 2.07. The first-order valence-corrected chi connectivity index (χ1v) is 8.18. The monoisotopic (exact) mass is 322 g/mol. The summed E-state index contributed by atoms with van der Waals surface area (Å²) in [6.45, 7) is 4.70. The van der Waals surface area contributed by atoms with Gasteiger partial charge in [0.2, 0.25) is 0 Å². The molecule has 1 aromatic carbocycles. The maximum atomic E-state index is 12.2. The Hall–Kier alpha value is -1.50. The predicted octanol–water partition coefficient (Wildman–Crippen LogP) is 2.20. The van der Waals surface area contributed by atoms with E-state index in [0.29, 0.717) is 17.5 Å². The summed E-state index contributed by atoms with van der Waals surface area (Å²) < 4.78 is 0.921. The zero-order valence-corrected chi connectivity index (χ0v) is 13.9. The van der Waals surface area contributed by atoms with E-state index in [1.807, 2.05) is 24.3 Å². The molecule has 0 saturated heterocycles. The van der Waals surface area contributed by atoms with E-state index in [-0.39, 0.29) is 0 Å². The van der Waals surface area contributed by atoms with Crippen molar-refractivity contribution in [1.29, 1.82) is 0 Å². The van der Waals surface area contributed by atoms with Crippen LogP contribution in [0.25, 0.3) is 10.2 Å². The van der Waals surface area contributed by atoms with Gasteiger partial charge in [0.05, 0.1) is 10.2 Å². The second-order valence-corrected chi connectivity index (χ2v) is 6.91. The van der Waals surface area contributed by atoms with Gasteiger partial charge in [0.25, 0.3) is 5.91 Å². The minimum absolute atomic E-state index is 0.360. The first-order valence-electron chi connectivity index (χ1n) is 7.36. The number of carbonyl (C=O) groups excluding carboxylic acids is 1. The standard InChI is InChI=1S/C16H22N2O3S/c1-10(2)8-9-18(3)16(21)14(20)13(19)15-17-11-6-4-5-7-12(11)22-15/h4-7,10,13-14,19-20H,8-9H2,1-3H3. The second kappa shape index (κ2) is 7.17. The Morgan fingerprint density at radius 3 is 2.64 bits per heavy atom. The molecule has 0 radical (unpaired) electrons. The molecule has 120 valence electrons. The topological polar surface area (TPSA) is 73.7 Å². The summed E-state index contributed by atoms with van der Waals surface area (Å²) in [5, 5.41) is 20.7. The molecule has 2 atom stereocenters. The van der Waals surface area contributed by atoms with E-state index in [9.17, 15) is 15.0 Å². The molecule has 0 aliphatic carbocycles. The Balaban J connectivity index is 2.07. The lowest BCUT2D eigenvalue weighted by Crippen LogP contribution is -2.40. The largest absolute Gasteiger partial charge is 0.383 e. The molecule has 0 aliphatic rings. The highest BCUT2D eigenvalue weighted by Crippen LogP contribution is 2.28. The SMILES string of the molecule is CC(C)CCN(C)C(=O)C(O)C(O)c1nc2ccccc2s1. The van der Waals surface area contributed by atoms with Gasteiger partial charge in [-0.3, -0.25) is 4.79 Å². The number of thiazole rings is 1. The van der Waals surface area contributed by atoms with Crippen LogP contribution in [0.2, 0.25) is 0 Å². The molecule has 0 fully saturated rings. The van der Waals surface area contributed by atoms with Gasteiger partial charge in [-0.05, 0) is 24.5 Å². The molecule has 0 aliphatic heterocycles. The summed E-state index contributed by atoms with van der Waals surface area (Å²) in [5.74, 6) is -0.00557. The molecule has 1 heterocycles. The highest BCUT2D eigenvalue weighted by atomic mass is 32.1. The van der Waals surface area contributed by atoms with Gasteiger partial charge < -0.3 is 15.1 Å². The molecule has 2 unspecified atom stereocenters. The van der Waals surface area contributed by atoms with Gasteiger partial charge in [-0.15, -0.1) is 11.3 Å². The number of fused-ring (bicyclic) bond motifs is 1. The van der Waals surface area contributed by atoms with Gasteiger partial charge in [-0.25, -0.2) is 4.98 Å². The van der Waals surface area contributed by atoms with Crippen LogP contribution >= 0.6 is 11.3 Å². The van der Waals surface area contributed by atoms with Crippen LogP contribution in [0, 0.1) is 5.92 Å². The zero-order valence-electron chi connectivity index (χ0n) is 13.1. The molecule has 5 nitrogen and oxygen atoms in total. The van der Waals surface area contributed by atoms with Crippen molar-refractivity contribution in [3.63, 3.8) is 0 Å². The highest BCUT2D eigenvalue weighted by molar-refractivity contribution is 7.18. The summed E-state index contributed by atoms with van der Waals surface area (Å²) in [4.78, 5) is 17.9. The molecule has 2 rings (SSSR count). The van der Waals surface area contributed by atoms with Crippen LogP contribution in [0.15, 0.2) is 24.3 Å². The summed E-state index contributed by atoms with van der Waals surface area (Å²) in [6.07, 6.45) is -1.93. The number of benzene rings is 1. The average molecular weight is 322 g/mol. The fraction of sp³-hybridized carbons (Fsp3) is 0.500. The maximum Gasteiger partial charge on any atom is 0.254 e. The summed E-state index contributed by atoms with van der Waals surface area (Å²) in [7, 11) is 1.64. The molecule has 0 bridgehead atoms. The Morgan fingerprint density at radius 1 is 1.32 bits per heavy atom. The highest BCUT2D eigenvalue weighted by Gasteiger charge is 2.30. The number of aliphatic hydroxyl groups is 2. The zero-order chi connectivity index (χ0) is 16.3. The molecule has 22 heavy (non-hydrogen) atoms. The van der Waals surface area contributed by atoms with Crippen molar-refractivity contribution in [3.05, 3.63) is 29.3 Å². The molecule has 0 saturated carbocycles. The predicted molar refractivity (Wildman–Crippen MR) is 87.7 cm³/mol. The third-order valence-corrected chi connectivity index (χ3v) is 4.64. The maximum absolute atomic E-state index is 12.2. The van der Waals surface area contributed by atoms with Gasteiger partial charge in [0.1, 0.15) is 11.1 Å². The van der Waals surface area contributed by atoms with Crippen LogP contribution in [-0.2, 0) is 4.79 Å². The van der Waals surface area contributed by atoms with E-state index in [4.69, 9.17) is 0 Å². The number of nitrogens with zero attached hydrogens (tertiary/aromatic N) is 2. The lowest BCUT2D eigenvalue weighted by atomic mass is 10.1. The number of para-hydroxylation sites is 1. The molecular weight excluding hydrogens is 300 g/mol. The number of likely N-dealkylation sites (N-methyl/N-ethyl adjacent to an activating group) is 1. The van der Waals surface area contributed by atoms with Crippen molar-refractivity contribution in [2.45, 2.75) is 32.5 Å².